The Morgan fingerprint density at radius 3 is 1.62 bits per heavy atom. The van der Waals surface area contributed by atoms with E-state index in [1.807, 2.05) is 90.1 Å². The van der Waals surface area contributed by atoms with Crippen molar-refractivity contribution in [3.8, 4) is 23.0 Å². The summed E-state index contributed by atoms with van der Waals surface area (Å²) in [5.41, 5.74) is 1.78. The quantitative estimate of drug-likeness (QED) is 0.131. The fourth-order valence-electron chi connectivity index (χ4n) is 10.7. The zero-order valence-corrected chi connectivity index (χ0v) is 54.4. The number of Topliss-reactive ketones (excluding diaryl/α,β-unsaturated/α-hetero) is 3. The summed E-state index contributed by atoms with van der Waals surface area (Å²) in [6.07, 6.45) is 8.73. The smallest absolute Gasteiger partial charge is 0.410 e. The average molecular weight is 1390 g/mol. The van der Waals surface area contributed by atoms with Crippen LogP contribution in [0.25, 0.3) is 0 Å². The van der Waals surface area contributed by atoms with Crippen LogP contribution in [-0.2, 0) is 20.7 Å². The molecule has 7 aliphatic rings. The Hall–Kier alpha value is -4.57. The number of ether oxygens (including phenoxy) is 5. The monoisotopic (exact) mass is 1390 g/mol. The number of carbonyl (C=O) groups excluding carboxylic acids is 5. The molecule has 0 aromatic heterocycles. The number of amides is 2. The van der Waals surface area contributed by atoms with Gasteiger partial charge in [0.15, 0.2) is 11.6 Å². The maximum Gasteiger partial charge on any atom is 0.410 e. The lowest BCUT2D eigenvalue weighted by atomic mass is 9.82. The first-order chi connectivity index (χ1) is 38.6. The van der Waals surface area contributed by atoms with E-state index in [2.05, 4.69) is 80.4 Å². The average Bonchev–Trinajstić information content (AvgIpc) is 3.61. The number of carbonyl (C=O) groups is 5. The summed E-state index contributed by atoms with van der Waals surface area (Å²) in [7, 11) is 0. The Morgan fingerprint density at radius 2 is 1.06 bits per heavy atom. The molecule has 4 saturated heterocycles. The van der Waals surface area contributed by atoms with Crippen molar-refractivity contribution in [2.24, 2.45) is 0 Å². The van der Waals surface area contributed by atoms with E-state index in [1.54, 1.807) is 21.9 Å². The number of hydrogen-bond donors (Lipinski definition) is 4. The van der Waals surface area contributed by atoms with Crippen LogP contribution < -0.4 is 24.8 Å². The zero-order chi connectivity index (χ0) is 59.6. The van der Waals surface area contributed by atoms with E-state index in [4.69, 9.17) is 28.8 Å². The molecular weight excluding hydrogens is 1310 g/mol. The fraction of sp³-hybridized carbons (Fsp3) is 0.532. The van der Waals surface area contributed by atoms with Gasteiger partial charge in [-0.05, 0) is 179 Å². The number of hydrogen-bond acceptors (Lipinski definition) is 14. The standard InChI is InChI=1S/C18H24BrNO3.C13H16BrNO2.C13H14BrNO2.C10H17NO3.C8H7BrO2/c1-17(2,3)23-16(21)20-10-8-18(9-11-20)7-6-13-12-14(19)4-5-15(13)22-18;2*14-9-1-2-12-10(7-9)11(16)8-13(17-12)3-5-15-6-4-13;1-10(2,3)14-9(13)11-6-4-8(12)5-7-11;1-5(10)7-4-6(9)2-3-8(7)11/h4-5,12H,6-11H2,1-3H3;1-2,7,11,15-16H,3-6,8H2;1-2,7,15H,3-6,8H2;4-7H2,1-3H3;2-4,11H,1H3. The van der Waals surface area contributed by atoms with Crippen molar-refractivity contribution in [1.82, 2.24) is 20.4 Å². The first-order valence-corrected chi connectivity index (χ1v) is 31.3. The fourth-order valence-corrected chi connectivity index (χ4v) is 12.3. The molecule has 3 spiro atoms. The molecule has 1 atom stereocenters. The molecule has 2 amide bonds. The molecule has 7 aliphatic heterocycles. The van der Waals surface area contributed by atoms with Gasteiger partial charge in [-0.2, -0.15) is 0 Å². The van der Waals surface area contributed by atoms with E-state index >= 15 is 0 Å². The Balaban J connectivity index is 0.000000151. The molecule has 0 saturated carbocycles. The van der Waals surface area contributed by atoms with Gasteiger partial charge in [-0.3, -0.25) is 14.4 Å². The molecule has 4 fully saturated rings. The van der Waals surface area contributed by atoms with Crippen LogP contribution in [0.5, 0.6) is 23.0 Å². The van der Waals surface area contributed by atoms with Crippen LogP contribution in [0.2, 0.25) is 0 Å². The number of rotatable bonds is 1. The van der Waals surface area contributed by atoms with Crippen molar-refractivity contribution in [2.75, 3.05) is 52.4 Å². The van der Waals surface area contributed by atoms with Gasteiger partial charge in [0, 0.05) is 94.6 Å². The Bertz CT molecular complexity index is 2910. The second kappa shape index (κ2) is 28.1. The van der Waals surface area contributed by atoms with Crippen molar-refractivity contribution < 1.29 is 57.9 Å². The van der Waals surface area contributed by atoms with Crippen molar-refractivity contribution in [3.05, 3.63) is 113 Å². The van der Waals surface area contributed by atoms with Crippen LogP contribution >= 0.6 is 63.7 Å². The number of aliphatic hydroxyl groups is 1. The number of piperidine rings is 4. The van der Waals surface area contributed by atoms with Gasteiger partial charge in [0.25, 0.3) is 0 Å². The third-order valence-electron chi connectivity index (χ3n) is 15.1. The van der Waals surface area contributed by atoms with Gasteiger partial charge in [0.2, 0.25) is 0 Å². The summed E-state index contributed by atoms with van der Waals surface area (Å²) < 4.78 is 33.1. The molecule has 4 aromatic carbocycles. The molecule has 16 nitrogen and oxygen atoms in total. The summed E-state index contributed by atoms with van der Waals surface area (Å²) in [5, 5.41) is 26.1. The molecule has 0 aliphatic carbocycles. The van der Waals surface area contributed by atoms with Crippen LogP contribution in [0.15, 0.2) is 90.7 Å². The van der Waals surface area contributed by atoms with Crippen molar-refractivity contribution in [1.29, 1.82) is 0 Å². The number of benzene rings is 4. The third kappa shape index (κ3) is 18.5. The second-order valence-electron chi connectivity index (χ2n) is 23.9. The molecule has 446 valence electrons. The molecule has 0 radical (unpaired) electrons. The van der Waals surface area contributed by atoms with Gasteiger partial charge in [-0.1, -0.05) is 63.7 Å². The molecule has 11 rings (SSSR count). The lowest BCUT2D eigenvalue weighted by molar-refractivity contribution is -0.121. The summed E-state index contributed by atoms with van der Waals surface area (Å²) >= 11 is 13.5. The highest BCUT2D eigenvalue weighted by atomic mass is 79.9. The molecule has 7 heterocycles. The number of phenolic OH excluding ortho intramolecular Hbond substituents is 1. The number of halogens is 4. The van der Waals surface area contributed by atoms with Crippen LogP contribution in [0.3, 0.4) is 0 Å². The highest BCUT2D eigenvalue weighted by molar-refractivity contribution is 9.11. The van der Waals surface area contributed by atoms with Gasteiger partial charge in [-0.25, -0.2) is 9.59 Å². The summed E-state index contributed by atoms with van der Waals surface area (Å²) in [5.74, 6) is 2.90. The van der Waals surface area contributed by atoms with E-state index in [0.29, 0.717) is 63.0 Å². The van der Waals surface area contributed by atoms with Crippen LogP contribution in [-0.4, -0.2) is 130 Å². The first-order valence-electron chi connectivity index (χ1n) is 28.2. The van der Waals surface area contributed by atoms with Crippen LogP contribution in [0.1, 0.15) is 157 Å². The maximum atomic E-state index is 12.2. The van der Waals surface area contributed by atoms with Gasteiger partial charge in [-0.15, -0.1) is 0 Å². The largest absolute Gasteiger partial charge is 0.507 e. The van der Waals surface area contributed by atoms with Crippen LogP contribution in [0, 0.1) is 0 Å². The predicted octanol–water partition coefficient (Wildman–Crippen LogP) is 13.4. The normalized spacial score (nSPS) is 20.0. The number of nitrogens with zero attached hydrogens (tertiary/aromatic N) is 2. The third-order valence-corrected chi connectivity index (χ3v) is 17.1. The summed E-state index contributed by atoms with van der Waals surface area (Å²) in [6, 6.07) is 22.5. The molecule has 4 aromatic rings. The van der Waals surface area contributed by atoms with Gasteiger partial charge < -0.3 is 54.3 Å². The van der Waals surface area contributed by atoms with E-state index < -0.39 is 17.3 Å². The molecule has 1 unspecified atom stereocenters. The van der Waals surface area contributed by atoms with Crippen LogP contribution in [0.4, 0.5) is 9.59 Å². The number of aromatic hydroxyl groups is 1. The molecule has 4 N–H and O–H groups in total. The van der Waals surface area contributed by atoms with Crippen molar-refractivity contribution in [2.45, 2.75) is 160 Å². The minimum absolute atomic E-state index is 0.0284. The number of likely N-dealkylation sites (tertiary alicyclic amines) is 2. The topological polar surface area (TPSA) is 202 Å². The van der Waals surface area contributed by atoms with E-state index in [0.717, 1.165) is 118 Å². The minimum atomic E-state index is -0.460. The SMILES string of the molecule is CC(=O)c1cc(Br)ccc1O.CC(C)(C)OC(=O)N1CCC(=O)CC1.CC(C)(C)OC(=O)N1CCC2(CCc3cc(Br)ccc3O2)CC1.O=C1CC2(CCNCC2)Oc2ccc(Br)cc21.OC1CC2(CCNCC2)Oc2ccc(Br)cc21. The number of phenols is 1. The van der Waals surface area contributed by atoms with E-state index in [9.17, 15) is 29.1 Å². The first kappa shape index (κ1) is 65.0. The summed E-state index contributed by atoms with van der Waals surface area (Å²) in [6.45, 7) is 18.8. The number of ketones is 3. The van der Waals surface area contributed by atoms with Crippen molar-refractivity contribution in [3.63, 3.8) is 0 Å². The Morgan fingerprint density at radius 1 is 0.585 bits per heavy atom. The highest BCUT2D eigenvalue weighted by Gasteiger charge is 2.44. The second-order valence-corrected chi connectivity index (χ2v) is 27.6. The maximum absolute atomic E-state index is 12.2. The molecule has 82 heavy (non-hydrogen) atoms. The number of fused-ring (bicyclic) bond motifs is 3. The number of aliphatic hydroxyl groups excluding tert-OH is 1. The number of aryl methyl sites for hydroxylation is 1. The number of nitrogens with one attached hydrogen (secondary N) is 2. The predicted molar refractivity (Wildman–Crippen MR) is 328 cm³/mol. The van der Waals surface area contributed by atoms with Gasteiger partial charge in [0.1, 0.15) is 56.8 Å². The Kier molecular flexibility index (Phi) is 22.3. The van der Waals surface area contributed by atoms with E-state index in [1.165, 1.54) is 18.6 Å². The lowest BCUT2D eigenvalue weighted by Gasteiger charge is -2.44. The summed E-state index contributed by atoms with van der Waals surface area (Å²) in [4.78, 5) is 61.0. The molecular formula is C62H78Br4N4O12. The Labute approximate surface area is 516 Å². The molecule has 20 heteroatoms. The van der Waals surface area contributed by atoms with Gasteiger partial charge in [0.05, 0.1) is 23.7 Å². The lowest BCUT2D eigenvalue weighted by Crippen LogP contribution is -2.51. The minimum Gasteiger partial charge on any atom is -0.507 e. The van der Waals surface area contributed by atoms with Gasteiger partial charge >= 0.3 is 12.2 Å². The van der Waals surface area contributed by atoms with E-state index in [-0.39, 0.29) is 52.1 Å². The molecule has 0 bridgehead atoms. The highest BCUT2D eigenvalue weighted by Crippen LogP contribution is 2.45. The zero-order valence-electron chi connectivity index (χ0n) is 48.0. The van der Waals surface area contributed by atoms with Crippen molar-refractivity contribution >= 4 is 93.3 Å².